The van der Waals surface area contributed by atoms with Crippen molar-refractivity contribution in [3.05, 3.63) is 95.2 Å². The molecule has 0 fully saturated rings. The predicted octanol–water partition coefficient (Wildman–Crippen LogP) is 5.41. The molecule has 1 aromatic heterocycles. The van der Waals surface area contributed by atoms with Gasteiger partial charge in [-0.05, 0) is 55.8 Å². The molecule has 0 aliphatic carbocycles. The summed E-state index contributed by atoms with van der Waals surface area (Å²) in [6, 6.07) is 21.4. The van der Waals surface area contributed by atoms with Gasteiger partial charge >= 0.3 is 5.97 Å². The van der Waals surface area contributed by atoms with E-state index in [1.807, 2.05) is 31.2 Å². The molecule has 178 valence electrons. The number of fused-ring (bicyclic) bond motifs is 1. The summed E-state index contributed by atoms with van der Waals surface area (Å²) in [5, 5.41) is 3.57. The van der Waals surface area contributed by atoms with Crippen LogP contribution in [0.4, 0.5) is 5.69 Å². The summed E-state index contributed by atoms with van der Waals surface area (Å²) in [4.78, 5) is 31.2. The Morgan fingerprint density at radius 2 is 1.66 bits per heavy atom. The topological polar surface area (TPSA) is 86.8 Å². The van der Waals surface area contributed by atoms with E-state index in [0.717, 1.165) is 16.5 Å². The van der Waals surface area contributed by atoms with Crippen LogP contribution < -0.4 is 14.8 Å². The van der Waals surface area contributed by atoms with Gasteiger partial charge in [-0.25, -0.2) is 4.79 Å². The van der Waals surface area contributed by atoms with Gasteiger partial charge in [0.15, 0.2) is 0 Å². The fraction of sp³-hybridized carbons (Fsp3) is 0.179. The second kappa shape index (κ2) is 10.3. The first-order chi connectivity index (χ1) is 16.9. The van der Waals surface area contributed by atoms with Crippen LogP contribution in [0.2, 0.25) is 0 Å². The van der Waals surface area contributed by atoms with Crippen molar-refractivity contribution in [3.8, 4) is 11.5 Å². The van der Waals surface area contributed by atoms with Crippen molar-refractivity contribution in [1.82, 2.24) is 4.98 Å². The van der Waals surface area contributed by atoms with E-state index < -0.39 is 18.0 Å². The van der Waals surface area contributed by atoms with Crippen LogP contribution in [0, 0.1) is 13.8 Å². The second-order valence-corrected chi connectivity index (χ2v) is 8.07. The van der Waals surface area contributed by atoms with Gasteiger partial charge in [-0.2, -0.15) is 0 Å². The Morgan fingerprint density at radius 1 is 0.886 bits per heavy atom. The second-order valence-electron chi connectivity index (χ2n) is 8.07. The van der Waals surface area contributed by atoms with Crippen molar-refractivity contribution in [2.75, 3.05) is 19.5 Å². The summed E-state index contributed by atoms with van der Waals surface area (Å²) >= 11 is 0. The molecule has 4 aromatic rings. The molecular weight excluding hydrogens is 444 g/mol. The van der Waals surface area contributed by atoms with E-state index in [1.54, 1.807) is 62.6 Å². The summed E-state index contributed by atoms with van der Waals surface area (Å²) in [5.41, 5.74) is 3.47. The van der Waals surface area contributed by atoms with Crippen molar-refractivity contribution in [2.45, 2.75) is 20.0 Å². The maximum atomic E-state index is 13.4. The molecule has 7 heteroatoms. The number of carbonyl (C=O) groups is 2. The number of carbonyl (C=O) groups excluding carboxylic acids is 2. The van der Waals surface area contributed by atoms with Gasteiger partial charge in [0, 0.05) is 10.9 Å². The lowest BCUT2D eigenvalue weighted by Crippen LogP contribution is -2.26. The van der Waals surface area contributed by atoms with Crippen molar-refractivity contribution in [1.29, 1.82) is 0 Å². The molecule has 4 rings (SSSR count). The average Bonchev–Trinajstić information content (AvgIpc) is 2.87. The highest BCUT2D eigenvalue weighted by atomic mass is 16.5. The number of benzene rings is 3. The van der Waals surface area contributed by atoms with Gasteiger partial charge in [0.25, 0.3) is 5.91 Å². The summed E-state index contributed by atoms with van der Waals surface area (Å²) in [6.07, 6.45) is -1.19. The van der Waals surface area contributed by atoms with Crippen molar-refractivity contribution < 1.29 is 23.8 Å². The minimum atomic E-state index is -1.19. The van der Waals surface area contributed by atoms with E-state index >= 15 is 0 Å². The Balaban J connectivity index is 1.67. The number of hydrogen-bond acceptors (Lipinski definition) is 6. The largest absolute Gasteiger partial charge is 0.497 e. The number of aryl methyl sites for hydroxylation is 2. The molecule has 0 aliphatic heterocycles. The summed E-state index contributed by atoms with van der Waals surface area (Å²) in [6.45, 7) is 3.64. The summed E-state index contributed by atoms with van der Waals surface area (Å²) < 4.78 is 16.4. The molecule has 7 nitrogen and oxygen atoms in total. The van der Waals surface area contributed by atoms with Gasteiger partial charge in [0.05, 0.1) is 36.7 Å². The maximum absolute atomic E-state index is 13.4. The average molecular weight is 471 g/mol. The molecule has 1 heterocycles. The van der Waals surface area contributed by atoms with E-state index in [4.69, 9.17) is 14.2 Å². The fourth-order valence-corrected chi connectivity index (χ4v) is 3.77. The number of nitrogens with one attached hydrogen (secondary N) is 1. The quantitative estimate of drug-likeness (QED) is 0.364. The molecule has 0 radical (unpaired) electrons. The number of anilines is 1. The normalized spacial score (nSPS) is 11.5. The number of hydrogen-bond donors (Lipinski definition) is 1. The van der Waals surface area contributed by atoms with E-state index in [0.29, 0.717) is 28.4 Å². The molecule has 35 heavy (non-hydrogen) atoms. The SMILES string of the molecule is COc1ccc2nc(C)c(C(=O)OC(C(=O)Nc3cc(C)ccc3OC)c3ccccc3)cc2c1. The fourth-order valence-electron chi connectivity index (χ4n) is 3.77. The first-order valence-corrected chi connectivity index (χ1v) is 11.1. The molecule has 1 amide bonds. The molecule has 0 spiro atoms. The Morgan fingerprint density at radius 3 is 2.37 bits per heavy atom. The van der Waals surface area contributed by atoms with Gasteiger partial charge < -0.3 is 19.5 Å². The minimum Gasteiger partial charge on any atom is -0.497 e. The highest BCUT2D eigenvalue weighted by molar-refractivity contribution is 6.00. The third-order valence-electron chi connectivity index (χ3n) is 5.61. The number of amides is 1. The standard InChI is InChI=1S/C28H26N2O5/c1-17-10-13-25(34-4)24(14-17)30-27(31)26(19-8-6-5-7-9-19)35-28(32)22-16-20-15-21(33-3)11-12-23(20)29-18(22)2/h5-16,26H,1-4H3,(H,30,31). The van der Waals surface area contributed by atoms with Crippen LogP contribution >= 0.6 is 0 Å². The van der Waals surface area contributed by atoms with Crippen LogP contribution in [-0.2, 0) is 9.53 Å². The number of pyridine rings is 1. The third-order valence-corrected chi connectivity index (χ3v) is 5.61. The maximum Gasteiger partial charge on any atom is 0.341 e. The zero-order valence-electron chi connectivity index (χ0n) is 20.0. The zero-order chi connectivity index (χ0) is 24.9. The van der Waals surface area contributed by atoms with Crippen molar-refractivity contribution >= 4 is 28.5 Å². The summed E-state index contributed by atoms with van der Waals surface area (Å²) in [7, 11) is 3.10. The number of methoxy groups -OCH3 is 2. The van der Waals surface area contributed by atoms with Crippen LogP contribution in [0.15, 0.2) is 72.8 Å². The van der Waals surface area contributed by atoms with Crippen LogP contribution in [0.25, 0.3) is 10.9 Å². The van der Waals surface area contributed by atoms with E-state index in [-0.39, 0.29) is 5.56 Å². The highest BCUT2D eigenvalue weighted by Crippen LogP contribution is 2.29. The highest BCUT2D eigenvalue weighted by Gasteiger charge is 2.27. The third kappa shape index (κ3) is 5.24. The molecule has 1 unspecified atom stereocenters. The van der Waals surface area contributed by atoms with Crippen molar-refractivity contribution in [2.24, 2.45) is 0 Å². The van der Waals surface area contributed by atoms with Gasteiger partial charge in [-0.1, -0.05) is 36.4 Å². The number of esters is 1. The number of rotatable bonds is 7. The first-order valence-electron chi connectivity index (χ1n) is 11.1. The van der Waals surface area contributed by atoms with Gasteiger partial charge in [0.1, 0.15) is 11.5 Å². The molecular formula is C28H26N2O5. The minimum absolute atomic E-state index is 0.271. The monoisotopic (exact) mass is 470 g/mol. The molecule has 0 aliphatic rings. The Bertz CT molecular complexity index is 1390. The molecule has 0 saturated heterocycles. The molecule has 3 aromatic carbocycles. The van der Waals surface area contributed by atoms with E-state index in [2.05, 4.69) is 10.3 Å². The van der Waals surface area contributed by atoms with Gasteiger partial charge in [-0.15, -0.1) is 0 Å². The smallest absolute Gasteiger partial charge is 0.341 e. The first kappa shape index (κ1) is 23.8. The van der Waals surface area contributed by atoms with Crippen LogP contribution in [0.3, 0.4) is 0 Å². The van der Waals surface area contributed by atoms with Gasteiger partial charge in [-0.3, -0.25) is 9.78 Å². The lowest BCUT2D eigenvalue weighted by Gasteiger charge is -2.20. The molecule has 1 atom stereocenters. The lowest BCUT2D eigenvalue weighted by molar-refractivity contribution is -0.125. The van der Waals surface area contributed by atoms with E-state index in [1.165, 1.54) is 7.11 Å². The molecule has 0 bridgehead atoms. The van der Waals surface area contributed by atoms with E-state index in [9.17, 15) is 9.59 Å². The molecule has 1 N–H and O–H groups in total. The number of nitrogens with zero attached hydrogens (tertiary/aromatic N) is 1. The van der Waals surface area contributed by atoms with Crippen LogP contribution in [0.1, 0.15) is 33.3 Å². The lowest BCUT2D eigenvalue weighted by atomic mass is 10.1. The van der Waals surface area contributed by atoms with Crippen LogP contribution in [-0.4, -0.2) is 31.1 Å². The zero-order valence-corrected chi connectivity index (χ0v) is 20.0. The Hall–Kier alpha value is -4.39. The summed E-state index contributed by atoms with van der Waals surface area (Å²) in [5.74, 6) is 0.00294. The Labute approximate surface area is 203 Å². The Kier molecular flexibility index (Phi) is 6.96. The number of aromatic nitrogens is 1. The van der Waals surface area contributed by atoms with Crippen molar-refractivity contribution in [3.63, 3.8) is 0 Å². The number of ether oxygens (including phenoxy) is 3. The predicted molar refractivity (Wildman–Crippen MR) is 134 cm³/mol. The molecule has 0 saturated carbocycles. The van der Waals surface area contributed by atoms with Gasteiger partial charge in [0.2, 0.25) is 6.10 Å². The van der Waals surface area contributed by atoms with Crippen LogP contribution in [0.5, 0.6) is 11.5 Å².